The Morgan fingerprint density at radius 2 is 2.10 bits per heavy atom. The number of nitrogens with zero attached hydrogens (tertiary/aromatic N) is 2. The summed E-state index contributed by atoms with van der Waals surface area (Å²) in [6.45, 7) is 12.4. The Hall–Kier alpha value is -0.450. The topological polar surface area (TPSA) is 28.2 Å². The van der Waals surface area contributed by atoms with Crippen molar-refractivity contribution in [2.45, 2.75) is 76.9 Å². The fourth-order valence-electron chi connectivity index (χ4n) is 3.59. The molecule has 2 fully saturated rings. The predicted molar refractivity (Wildman–Crippen MR) is 89.9 cm³/mol. The number of hydrogen-bond acceptors (Lipinski definition) is 4. The Morgan fingerprint density at radius 3 is 2.71 bits per heavy atom. The van der Waals surface area contributed by atoms with Crippen molar-refractivity contribution < 1.29 is 0 Å². The van der Waals surface area contributed by atoms with Crippen molar-refractivity contribution in [3.63, 3.8) is 0 Å². The Labute approximate surface area is 133 Å². The first-order valence-corrected chi connectivity index (χ1v) is 9.20. The van der Waals surface area contributed by atoms with Crippen LogP contribution in [0.5, 0.6) is 0 Å². The largest absolute Gasteiger partial charge is 0.308 e. The van der Waals surface area contributed by atoms with Crippen molar-refractivity contribution in [1.82, 2.24) is 15.2 Å². The average Bonchev–Trinajstić information content (AvgIpc) is 3.03. The zero-order valence-electron chi connectivity index (χ0n) is 13.9. The Morgan fingerprint density at radius 1 is 1.38 bits per heavy atom. The van der Waals surface area contributed by atoms with Crippen LogP contribution in [0.2, 0.25) is 0 Å². The molecular weight excluding hydrogens is 278 g/mol. The SMILES string of the molecule is CC1CNC2(CCCC2)CN1Cc1nc(C(C)(C)C)cs1. The molecule has 0 radical (unpaired) electrons. The number of nitrogens with one attached hydrogen (secondary N) is 1. The van der Waals surface area contributed by atoms with Crippen LogP contribution in [-0.4, -0.2) is 34.6 Å². The van der Waals surface area contributed by atoms with Crippen molar-refractivity contribution >= 4 is 11.3 Å². The first kappa shape index (κ1) is 15.4. The zero-order chi connectivity index (χ0) is 15.1. The molecule has 1 aromatic rings. The van der Waals surface area contributed by atoms with Crippen LogP contribution in [0, 0.1) is 0 Å². The number of piperazine rings is 1. The van der Waals surface area contributed by atoms with Crippen LogP contribution >= 0.6 is 11.3 Å². The summed E-state index contributed by atoms with van der Waals surface area (Å²) in [7, 11) is 0. The van der Waals surface area contributed by atoms with E-state index >= 15 is 0 Å². The van der Waals surface area contributed by atoms with E-state index in [9.17, 15) is 0 Å². The van der Waals surface area contributed by atoms with Crippen LogP contribution in [-0.2, 0) is 12.0 Å². The molecule has 3 nitrogen and oxygen atoms in total. The molecule has 1 aliphatic carbocycles. The lowest BCUT2D eigenvalue weighted by Gasteiger charge is -2.45. The molecule has 1 aromatic heterocycles. The molecule has 1 aliphatic heterocycles. The van der Waals surface area contributed by atoms with Crippen molar-refractivity contribution in [2.24, 2.45) is 0 Å². The second-order valence-electron chi connectivity index (χ2n) is 8.00. The number of hydrogen-bond donors (Lipinski definition) is 1. The van der Waals surface area contributed by atoms with Crippen LogP contribution in [0.3, 0.4) is 0 Å². The normalized spacial score (nSPS) is 26.6. The first-order valence-electron chi connectivity index (χ1n) is 8.32. The second kappa shape index (κ2) is 5.64. The van der Waals surface area contributed by atoms with Crippen molar-refractivity contribution in [3.8, 4) is 0 Å². The highest BCUT2D eigenvalue weighted by molar-refractivity contribution is 7.09. The van der Waals surface area contributed by atoms with Gasteiger partial charge in [-0.1, -0.05) is 33.6 Å². The van der Waals surface area contributed by atoms with Crippen molar-refractivity contribution in [1.29, 1.82) is 0 Å². The van der Waals surface area contributed by atoms with Crippen molar-refractivity contribution in [3.05, 3.63) is 16.1 Å². The fourth-order valence-corrected chi connectivity index (χ4v) is 4.64. The molecule has 1 unspecified atom stereocenters. The molecule has 2 heterocycles. The molecule has 118 valence electrons. The van der Waals surface area contributed by atoms with Gasteiger partial charge in [0.25, 0.3) is 0 Å². The molecule has 1 N–H and O–H groups in total. The van der Waals surface area contributed by atoms with Gasteiger partial charge in [-0.2, -0.15) is 0 Å². The number of aromatic nitrogens is 1. The summed E-state index contributed by atoms with van der Waals surface area (Å²) < 4.78 is 0. The van der Waals surface area contributed by atoms with E-state index in [0.717, 1.165) is 13.1 Å². The first-order chi connectivity index (χ1) is 9.88. The molecule has 1 saturated carbocycles. The van der Waals surface area contributed by atoms with Gasteiger partial charge >= 0.3 is 0 Å². The van der Waals surface area contributed by atoms with Crippen molar-refractivity contribution in [2.75, 3.05) is 13.1 Å². The monoisotopic (exact) mass is 307 g/mol. The maximum Gasteiger partial charge on any atom is 0.107 e. The van der Waals surface area contributed by atoms with Crippen LogP contribution < -0.4 is 5.32 Å². The molecule has 0 amide bonds. The summed E-state index contributed by atoms with van der Waals surface area (Å²) in [6, 6.07) is 0.609. The summed E-state index contributed by atoms with van der Waals surface area (Å²) in [6.07, 6.45) is 5.48. The van der Waals surface area contributed by atoms with Crippen LogP contribution in [0.1, 0.15) is 64.1 Å². The van der Waals surface area contributed by atoms with E-state index in [0.29, 0.717) is 11.6 Å². The number of rotatable bonds is 2. The van der Waals surface area contributed by atoms with Gasteiger partial charge in [-0.05, 0) is 19.8 Å². The van der Waals surface area contributed by atoms with Gasteiger partial charge in [0, 0.05) is 35.5 Å². The van der Waals surface area contributed by atoms with Gasteiger partial charge < -0.3 is 5.32 Å². The Kier molecular flexibility index (Phi) is 4.15. The summed E-state index contributed by atoms with van der Waals surface area (Å²) >= 11 is 1.83. The molecule has 0 bridgehead atoms. The standard InChI is InChI=1S/C17H29N3S/c1-13-9-18-17(7-5-6-8-17)12-20(13)10-15-19-14(11-21-15)16(2,3)4/h11,13,18H,5-10,12H2,1-4H3. The molecule has 1 saturated heterocycles. The molecule has 1 spiro atoms. The molecule has 1 atom stereocenters. The minimum absolute atomic E-state index is 0.163. The molecule has 2 aliphatic rings. The predicted octanol–water partition coefficient (Wildman–Crippen LogP) is 3.55. The van der Waals surface area contributed by atoms with Gasteiger partial charge in [-0.15, -0.1) is 11.3 Å². The van der Waals surface area contributed by atoms with Gasteiger partial charge in [0.1, 0.15) is 5.01 Å². The van der Waals surface area contributed by atoms with E-state index < -0.39 is 0 Å². The number of thiazole rings is 1. The van der Waals surface area contributed by atoms with E-state index in [4.69, 9.17) is 4.98 Å². The lowest BCUT2D eigenvalue weighted by molar-refractivity contribution is 0.0825. The third kappa shape index (κ3) is 3.33. The van der Waals surface area contributed by atoms with Crippen LogP contribution in [0.15, 0.2) is 5.38 Å². The highest BCUT2D eigenvalue weighted by Crippen LogP contribution is 2.34. The lowest BCUT2D eigenvalue weighted by atomic mass is 9.92. The van der Waals surface area contributed by atoms with Gasteiger partial charge in [0.2, 0.25) is 0 Å². The van der Waals surface area contributed by atoms with Gasteiger partial charge in [0.15, 0.2) is 0 Å². The molecule has 3 rings (SSSR count). The maximum absolute atomic E-state index is 4.88. The third-order valence-electron chi connectivity index (χ3n) is 5.12. The third-order valence-corrected chi connectivity index (χ3v) is 5.95. The molecule has 0 aromatic carbocycles. The van der Waals surface area contributed by atoms with Gasteiger partial charge in [0.05, 0.1) is 12.2 Å². The summed E-state index contributed by atoms with van der Waals surface area (Å²) in [5.74, 6) is 0. The minimum atomic E-state index is 0.163. The summed E-state index contributed by atoms with van der Waals surface area (Å²) in [5, 5.41) is 7.35. The smallest absolute Gasteiger partial charge is 0.107 e. The van der Waals surface area contributed by atoms with Gasteiger partial charge in [-0.25, -0.2) is 4.98 Å². The summed E-state index contributed by atoms with van der Waals surface area (Å²) in [4.78, 5) is 7.53. The fraction of sp³-hybridized carbons (Fsp3) is 0.824. The minimum Gasteiger partial charge on any atom is -0.308 e. The summed E-state index contributed by atoms with van der Waals surface area (Å²) in [5.41, 5.74) is 1.80. The Balaban J connectivity index is 1.69. The molecule has 21 heavy (non-hydrogen) atoms. The quantitative estimate of drug-likeness (QED) is 0.905. The van der Waals surface area contributed by atoms with Crippen LogP contribution in [0.25, 0.3) is 0 Å². The van der Waals surface area contributed by atoms with E-state index in [1.807, 2.05) is 11.3 Å². The van der Waals surface area contributed by atoms with E-state index in [1.165, 1.54) is 42.9 Å². The van der Waals surface area contributed by atoms with E-state index in [-0.39, 0.29) is 5.41 Å². The van der Waals surface area contributed by atoms with E-state index in [2.05, 4.69) is 43.3 Å². The van der Waals surface area contributed by atoms with Gasteiger partial charge in [-0.3, -0.25) is 4.90 Å². The molecular formula is C17H29N3S. The van der Waals surface area contributed by atoms with E-state index in [1.54, 1.807) is 0 Å². The highest BCUT2D eigenvalue weighted by Gasteiger charge is 2.40. The lowest BCUT2D eigenvalue weighted by Crippen LogP contribution is -2.62. The maximum atomic E-state index is 4.88. The highest BCUT2D eigenvalue weighted by atomic mass is 32.1. The second-order valence-corrected chi connectivity index (χ2v) is 8.94. The van der Waals surface area contributed by atoms with Crippen LogP contribution in [0.4, 0.5) is 0 Å². The average molecular weight is 308 g/mol. The zero-order valence-corrected chi connectivity index (χ0v) is 14.7. The Bertz CT molecular complexity index is 482. The molecule has 4 heteroatoms.